The van der Waals surface area contributed by atoms with E-state index in [-0.39, 0.29) is 30.9 Å². The van der Waals surface area contributed by atoms with Crippen molar-refractivity contribution >= 4 is 27.4 Å². The fourth-order valence-corrected chi connectivity index (χ4v) is 6.39. The first kappa shape index (κ1) is 26.4. The van der Waals surface area contributed by atoms with Crippen LogP contribution in [-0.4, -0.2) is 46.1 Å². The number of sulfonamides is 1. The molecule has 3 N–H and O–H groups in total. The number of amides is 1. The molecule has 4 aromatic rings. The number of H-pyrrole nitrogens is 2. The van der Waals surface area contributed by atoms with Crippen LogP contribution in [0.25, 0.3) is 0 Å². The lowest BCUT2D eigenvalue weighted by atomic mass is 9.83. The van der Waals surface area contributed by atoms with Crippen LogP contribution in [-0.2, 0) is 28.4 Å². The van der Waals surface area contributed by atoms with Gasteiger partial charge in [-0.1, -0.05) is 26.0 Å². The van der Waals surface area contributed by atoms with Crippen LogP contribution in [0.15, 0.2) is 65.7 Å². The first-order valence-corrected chi connectivity index (χ1v) is 13.5. The molecule has 0 saturated carbocycles. The van der Waals surface area contributed by atoms with Gasteiger partial charge in [0.1, 0.15) is 17.3 Å². The van der Waals surface area contributed by atoms with Crippen molar-refractivity contribution in [3.8, 4) is 0 Å². The number of benzene rings is 2. The molecule has 12 heteroatoms. The number of aromatic nitrogens is 3. The second-order valence-corrected chi connectivity index (χ2v) is 11.9. The number of hydrogen-bond donors (Lipinski definition) is 3. The maximum Gasteiger partial charge on any atom is 0.272 e. The largest absolute Gasteiger partial charge is 0.357 e. The van der Waals surface area contributed by atoms with Crippen LogP contribution in [0.1, 0.15) is 51.6 Å². The van der Waals surface area contributed by atoms with Crippen molar-refractivity contribution in [1.82, 2.24) is 19.5 Å². The third-order valence-corrected chi connectivity index (χ3v) is 8.40. The van der Waals surface area contributed by atoms with E-state index in [1.807, 2.05) is 0 Å². The Morgan fingerprint density at radius 2 is 1.79 bits per heavy atom. The summed E-state index contributed by atoms with van der Waals surface area (Å²) in [6.45, 7) is 3.49. The van der Waals surface area contributed by atoms with Crippen LogP contribution < -0.4 is 5.32 Å². The molecule has 3 heterocycles. The van der Waals surface area contributed by atoms with E-state index in [0.717, 1.165) is 16.4 Å². The molecular formula is C27H25F2N5O4S. The molecule has 0 atom stereocenters. The number of nitrogens with one attached hydrogen (secondary N) is 3. The molecule has 1 aliphatic rings. The summed E-state index contributed by atoms with van der Waals surface area (Å²) in [5.41, 5.74) is 1.72. The lowest BCUT2D eigenvalue weighted by Gasteiger charge is -2.36. The van der Waals surface area contributed by atoms with Crippen molar-refractivity contribution in [2.24, 2.45) is 0 Å². The molecule has 1 aliphatic heterocycles. The fourth-order valence-electron chi connectivity index (χ4n) is 4.77. The van der Waals surface area contributed by atoms with Gasteiger partial charge in [0.2, 0.25) is 10.0 Å². The van der Waals surface area contributed by atoms with Crippen molar-refractivity contribution < 1.29 is 26.8 Å². The summed E-state index contributed by atoms with van der Waals surface area (Å²) in [4.78, 5) is 28.3. The van der Waals surface area contributed by atoms with E-state index < -0.39 is 37.9 Å². The van der Waals surface area contributed by atoms with Crippen molar-refractivity contribution in [3.05, 3.63) is 101 Å². The Labute approximate surface area is 223 Å². The summed E-state index contributed by atoms with van der Waals surface area (Å²) < 4.78 is 55.5. The van der Waals surface area contributed by atoms with Gasteiger partial charge in [0.05, 0.1) is 22.7 Å². The van der Waals surface area contributed by atoms with E-state index in [9.17, 15) is 26.8 Å². The zero-order valence-electron chi connectivity index (χ0n) is 21.1. The Hall–Kier alpha value is -4.16. The highest BCUT2D eigenvalue weighted by molar-refractivity contribution is 7.89. The third-order valence-electron chi connectivity index (χ3n) is 6.63. The van der Waals surface area contributed by atoms with Crippen molar-refractivity contribution in [2.45, 2.75) is 37.1 Å². The molecule has 0 aliphatic carbocycles. The molecule has 0 saturated heterocycles. The average Bonchev–Trinajstić information content (AvgIpc) is 3.55. The predicted octanol–water partition coefficient (Wildman–Crippen LogP) is 4.18. The molecule has 2 aromatic carbocycles. The highest BCUT2D eigenvalue weighted by atomic mass is 32.2. The van der Waals surface area contributed by atoms with Gasteiger partial charge in [-0.25, -0.2) is 17.2 Å². The predicted molar refractivity (Wildman–Crippen MR) is 139 cm³/mol. The molecule has 1 amide bonds. The molecule has 202 valence electrons. The minimum atomic E-state index is -4.26. The second kappa shape index (κ2) is 9.86. The number of Topliss-reactive ketones (excluding diaryl/α,β-unsaturated/α-hetero) is 1. The molecule has 2 aromatic heterocycles. The number of carbonyl (C=O) groups excluding carboxylic acids is 2. The quantitative estimate of drug-likeness (QED) is 0.296. The van der Waals surface area contributed by atoms with E-state index >= 15 is 0 Å². The van der Waals surface area contributed by atoms with Gasteiger partial charge in [0.15, 0.2) is 5.78 Å². The number of nitrogens with zero attached hydrogens (tertiary/aromatic N) is 2. The van der Waals surface area contributed by atoms with Crippen LogP contribution in [0.4, 0.5) is 14.5 Å². The summed E-state index contributed by atoms with van der Waals surface area (Å²) in [5.74, 6) is -2.73. The summed E-state index contributed by atoms with van der Waals surface area (Å²) in [6, 6.07) is 12.0. The van der Waals surface area contributed by atoms with Crippen LogP contribution in [0.5, 0.6) is 0 Å². The van der Waals surface area contributed by atoms with Crippen LogP contribution in [0.2, 0.25) is 0 Å². The third kappa shape index (κ3) is 5.12. The molecule has 0 bridgehead atoms. The van der Waals surface area contributed by atoms with Crippen molar-refractivity contribution in [1.29, 1.82) is 0 Å². The summed E-state index contributed by atoms with van der Waals surface area (Å²) in [6.07, 6.45) is 1.47. The molecule has 9 nitrogen and oxygen atoms in total. The smallest absolute Gasteiger partial charge is 0.272 e. The Kier molecular flexibility index (Phi) is 6.69. The van der Waals surface area contributed by atoms with Crippen LogP contribution in [0.3, 0.4) is 0 Å². The first-order valence-electron chi connectivity index (χ1n) is 12.1. The zero-order chi connectivity index (χ0) is 27.9. The molecule has 0 unspecified atom stereocenters. The van der Waals surface area contributed by atoms with Crippen LogP contribution >= 0.6 is 0 Å². The maximum absolute atomic E-state index is 13.8. The minimum absolute atomic E-state index is 0.0202. The van der Waals surface area contributed by atoms with Gasteiger partial charge in [-0.05, 0) is 36.4 Å². The zero-order valence-corrected chi connectivity index (χ0v) is 21.9. The number of hydrogen-bond acceptors (Lipinski definition) is 5. The number of halogens is 2. The van der Waals surface area contributed by atoms with E-state index in [1.165, 1.54) is 0 Å². The molecule has 0 spiro atoms. The Morgan fingerprint density at radius 1 is 1.08 bits per heavy atom. The number of rotatable bonds is 7. The van der Waals surface area contributed by atoms with E-state index in [2.05, 4.69) is 20.5 Å². The Morgan fingerprint density at radius 3 is 2.49 bits per heavy atom. The summed E-state index contributed by atoms with van der Waals surface area (Å²) in [7, 11) is -4.26. The molecule has 5 rings (SSSR count). The fraction of sp³-hybridized carbons (Fsp3) is 0.222. The first-order chi connectivity index (χ1) is 18.5. The van der Waals surface area contributed by atoms with Gasteiger partial charge in [0, 0.05) is 47.6 Å². The minimum Gasteiger partial charge on any atom is -0.357 e. The maximum atomic E-state index is 13.8. The van der Waals surface area contributed by atoms with Gasteiger partial charge in [-0.15, -0.1) is 0 Å². The second-order valence-electron chi connectivity index (χ2n) is 9.97. The Balaban J connectivity index is 1.43. The molecule has 0 fully saturated rings. The van der Waals surface area contributed by atoms with Gasteiger partial charge < -0.3 is 10.3 Å². The lowest BCUT2D eigenvalue weighted by molar-refractivity contribution is 0.0992. The van der Waals surface area contributed by atoms with Crippen molar-refractivity contribution in [3.63, 3.8) is 0 Å². The topological polar surface area (TPSA) is 128 Å². The molecule has 39 heavy (non-hydrogen) atoms. The monoisotopic (exact) mass is 553 g/mol. The van der Waals surface area contributed by atoms with E-state index in [4.69, 9.17) is 0 Å². The lowest BCUT2D eigenvalue weighted by Crippen LogP contribution is -2.45. The number of anilines is 1. The van der Waals surface area contributed by atoms with Gasteiger partial charge in [-0.2, -0.15) is 9.40 Å². The average molecular weight is 554 g/mol. The number of carbonyl (C=O) groups is 2. The van der Waals surface area contributed by atoms with Gasteiger partial charge >= 0.3 is 0 Å². The van der Waals surface area contributed by atoms with Crippen LogP contribution in [0, 0.1) is 11.6 Å². The highest BCUT2D eigenvalue weighted by Gasteiger charge is 2.41. The highest BCUT2D eigenvalue weighted by Crippen LogP contribution is 2.37. The van der Waals surface area contributed by atoms with Crippen molar-refractivity contribution in [2.75, 3.05) is 11.9 Å². The van der Waals surface area contributed by atoms with E-state index in [0.29, 0.717) is 34.4 Å². The van der Waals surface area contributed by atoms with E-state index in [1.54, 1.807) is 56.4 Å². The Bertz CT molecular complexity index is 1660. The standard InChI is InChI=1S/C27H25F2N5O4S/c1-27(2)15-34(39(37,38)18-11-16(28)10-17(29)12-18)14-20-23(32-33-25(20)27)13-24(35)19-6-3-4-7-21(19)31-26(36)22-8-5-9-30-22/h3-12,30H,13-15H2,1-2H3,(H,31,36)(H,32,33). The normalized spacial score (nSPS) is 15.1. The number of fused-ring (bicyclic) bond motifs is 1. The molecular weight excluding hydrogens is 528 g/mol. The SMILES string of the molecule is CC1(C)CN(S(=O)(=O)c2cc(F)cc(F)c2)Cc2c1n[nH]c2CC(=O)c1ccccc1NC(=O)c1ccc[nH]1. The summed E-state index contributed by atoms with van der Waals surface area (Å²) in [5, 5.41) is 10.0. The molecule has 0 radical (unpaired) electrons. The van der Waals surface area contributed by atoms with Gasteiger partial charge in [0.25, 0.3) is 5.91 Å². The summed E-state index contributed by atoms with van der Waals surface area (Å²) >= 11 is 0. The van der Waals surface area contributed by atoms with Gasteiger partial charge in [-0.3, -0.25) is 14.7 Å². The number of aromatic amines is 2. The number of ketones is 1. The number of para-hydroxylation sites is 1.